The van der Waals surface area contributed by atoms with Gasteiger partial charge in [0.25, 0.3) is 0 Å². The number of nitrogens with zero attached hydrogens (tertiary/aromatic N) is 2. The number of aryl methyl sites for hydroxylation is 1. The molecule has 0 aliphatic carbocycles. The third kappa shape index (κ3) is 1.73. The van der Waals surface area contributed by atoms with E-state index in [1.807, 2.05) is 29.7 Å². The third-order valence-electron chi connectivity index (χ3n) is 2.43. The number of aliphatic hydroxyl groups excluding tert-OH is 1. The zero-order chi connectivity index (χ0) is 11.0. The summed E-state index contributed by atoms with van der Waals surface area (Å²) in [5.41, 5.74) is 1.85. The minimum atomic E-state index is -0.559. The molecule has 2 rings (SSSR count). The van der Waals surface area contributed by atoms with Crippen molar-refractivity contribution in [1.29, 1.82) is 0 Å². The van der Waals surface area contributed by atoms with Crippen LogP contribution in [0.3, 0.4) is 0 Å². The minimum absolute atomic E-state index is 0.559. The Labute approximate surface area is 93.3 Å². The van der Waals surface area contributed by atoms with Gasteiger partial charge < -0.3 is 9.67 Å². The summed E-state index contributed by atoms with van der Waals surface area (Å²) in [5.74, 6) is 0.690. The Balaban J connectivity index is 2.74. The lowest BCUT2D eigenvalue weighted by molar-refractivity contribution is 0.184. The van der Waals surface area contributed by atoms with Crippen molar-refractivity contribution in [3.05, 3.63) is 29.0 Å². The predicted molar refractivity (Wildman–Crippen MR) is 61.1 cm³/mol. The molecule has 0 amide bonds. The summed E-state index contributed by atoms with van der Waals surface area (Å²) in [5, 5.41) is 10.3. The van der Waals surface area contributed by atoms with Crippen molar-refractivity contribution in [2.75, 3.05) is 0 Å². The molecule has 1 unspecified atom stereocenters. The van der Waals surface area contributed by atoms with Gasteiger partial charge in [0.05, 0.1) is 11.0 Å². The molecule has 0 aliphatic heterocycles. The van der Waals surface area contributed by atoms with Crippen LogP contribution in [0.1, 0.15) is 25.8 Å². The van der Waals surface area contributed by atoms with Gasteiger partial charge in [0.1, 0.15) is 11.9 Å². The lowest BCUT2D eigenvalue weighted by atomic mass is 10.3. The normalized spacial score (nSPS) is 13.3. The van der Waals surface area contributed by atoms with Gasteiger partial charge in [0.15, 0.2) is 0 Å². The molecule has 1 aromatic carbocycles. The van der Waals surface area contributed by atoms with Crippen molar-refractivity contribution < 1.29 is 5.11 Å². The maximum atomic E-state index is 9.59. The average Bonchev–Trinajstić information content (AvgIpc) is 2.55. The molecule has 80 valence electrons. The number of rotatable bonds is 2. The van der Waals surface area contributed by atoms with Gasteiger partial charge in [-0.05, 0) is 32.0 Å². The zero-order valence-corrected chi connectivity index (χ0v) is 9.49. The average molecular weight is 225 g/mol. The Morgan fingerprint density at radius 2 is 2.27 bits per heavy atom. The molecule has 0 spiro atoms. The summed E-state index contributed by atoms with van der Waals surface area (Å²) in [6.07, 6.45) is -0.559. The first-order valence-corrected chi connectivity index (χ1v) is 5.35. The highest BCUT2D eigenvalue weighted by Crippen LogP contribution is 2.23. The number of halogens is 1. The second-order valence-corrected chi connectivity index (χ2v) is 3.96. The summed E-state index contributed by atoms with van der Waals surface area (Å²) in [6.45, 7) is 4.51. The van der Waals surface area contributed by atoms with Crippen LogP contribution in [0.4, 0.5) is 0 Å². The fourth-order valence-corrected chi connectivity index (χ4v) is 1.93. The SMILES string of the molecule is CCn1c(C(C)O)nc2ccc(Cl)cc21. The molecule has 3 nitrogen and oxygen atoms in total. The molecule has 0 radical (unpaired) electrons. The maximum absolute atomic E-state index is 9.59. The van der Waals surface area contributed by atoms with E-state index in [1.54, 1.807) is 6.92 Å². The molecule has 0 fully saturated rings. The standard InChI is InChI=1S/C11H13ClN2O/c1-3-14-10-6-8(12)4-5-9(10)13-11(14)7(2)15/h4-7,15H,3H2,1-2H3. The van der Waals surface area contributed by atoms with Crippen LogP contribution < -0.4 is 0 Å². The largest absolute Gasteiger partial charge is 0.385 e. The molecule has 0 saturated heterocycles. The van der Waals surface area contributed by atoms with Crippen LogP contribution in [0.25, 0.3) is 11.0 Å². The second kappa shape index (κ2) is 3.83. The van der Waals surface area contributed by atoms with Crippen LogP contribution in [0.5, 0.6) is 0 Å². The smallest absolute Gasteiger partial charge is 0.138 e. The van der Waals surface area contributed by atoms with E-state index >= 15 is 0 Å². The summed E-state index contributed by atoms with van der Waals surface area (Å²) in [6, 6.07) is 5.55. The van der Waals surface area contributed by atoms with Gasteiger partial charge in [-0.3, -0.25) is 0 Å². The Morgan fingerprint density at radius 1 is 1.53 bits per heavy atom. The molecular formula is C11H13ClN2O. The summed E-state index contributed by atoms with van der Waals surface area (Å²) in [7, 11) is 0. The van der Waals surface area contributed by atoms with E-state index < -0.39 is 6.10 Å². The van der Waals surface area contributed by atoms with Crippen LogP contribution in [0, 0.1) is 0 Å². The van der Waals surface area contributed by atoms with Gasteiger partial charge in [-0.1, -0.05) is 11.6 Å². The molecule has 15 heavy (non-hydrogen) atoms. The highest BCUT2D eigenvalue weighted by atomic mass is 35.5. The van der Waals surface area contributed by atoms with Crippen molar-refractivity contribution in [1.82, 2.24) is 9.55 Å². The van der Waals surface area contributed by atoms with Crippen LogP contribution in [-0.4, -0.2) is 14.7 Å². The Morgan fingerprint density at radius 3 is 2.87 bits per heavy atom. The molecule has 1 atom stereocenters. The fourth-order valence-electron chi connectivity index (χ4n) is 1.77. The lowest BCUT2D eigenvalue weighted by Gasteiger charge is -2.07. The number of fused-ring (bicyclic) bond motifs is 1. The van der Waals surface area contributed by atoms with Gasteiger partial charge in [-0.25, -0.2) is 4.98 Å². The van der Waals surface area contributed by atoms with Gasteiger partial charge in [0, 0.05) is 11.6 Å². The van der Waals surface area contributed by atoms with Gasteiger partial charge in [0.2, 0.25) is 0 Å². The molecule has 1 aromatic heterocycles. The molecular weight excluding hydrogens is 212 g/mol. The highest BCUT2D eigenvalue weighted by molar-refractivity contribution is 6.31. The lowest BCUT2D eigenvalue weighted by Crippen LogP contribution is -2.04. The number of hydrogen-bond acceptors (Lipinski definition) is 2. The summed E-state index contributed by atoms with van der Waals surface area (Å²) < 4.78 is 1.98. The topological polar surface area (TPSA) is 38.0 Å². The molecule has 1 N–H and O–H groups in total. The Bertz CT molecular complexity index is 491. The molecule has 4 heteroatoms. The van der Waals surface area contributed by atoms with E-state index in [0.717, 1.165) is 17.6 Å². The second-order valence-electron chi connectivity index (χ2n) is 3.52. The number of aliphatic hydroxyl groups is 1. The Kier molecular flexibility index (Phi) is 2.67. The first-order chi connectivity index (χ1) is 7.13. The third-order valence-corrected chi connectivity index (χ3v) is 2.66. The molecule has 1 heterocycles. The monoisotopic (exact) mass is 224 g/mol. The maximum Gasteiger partial charge on any atom is 0.138 e. The van der Waals surface area contributed by atoms with E-state index in [-0.39, 0.29) is 0 Å². The summed E-state index contributed by atoms with van der Waals surface area (Å²) >= 11 is 5.93. The Hall–Kier alpha value is -1.06. The van der Waals surface area contributed by atoms with Crippen LogP contribution >= 0.6 is 11.6 Å². The first kappa shape index (κ1) is 10.5. The molecule has 0 saturated carbocycles. The van der Waals surface area contributed by atoms with E-state index in [0.29, 0.717) is 10.8 Å². The van der Waals surface area contributed by atoms with Gasteiger partial charge in [-0.2, -0.15) is 0 Å². The van der Waals surface area contributed by atoms with E-state index in [2.05, 4.69) is 4.98 Å². The first-order valence-electron chi connectivity index (χ1n) is 4.97. The van der Waals surface area contributed by atoms with Crippen molar-refractivity contribution in [2.24, 2.45) is 0 Å². The van der Waals surface area contributed by atoms with Crippen molar-refractivity contribution in [3.8, 4) is 0 Å². The van der Waals surface area contributed by atoms with Gasteiger partial charge in [-0.15, -0.1) is 0 Å². The van der Waals surface area contributed by atoms with Crippen molar-refractivity contribution in [3.63, 3.8) is 0 Å². The zero-order valence-electron chi connectivity index (χ0n) is 8.74. The van der Waals surface area contributed by atoms with Gasteiger partial charge >= 0.3 is 0 Å². The fraction of sp³-hybridized carbons (Fsp3) is 0.364. The molecule has 0 bridgehead atoms. The van der Waals surface area contributed by atoms with Crippen LogP contribution in [-0.2, 0) is 6.54 Å². The van der Waals surface area contributed by atoms with Crippen LogP contribution in [0.15, 0.2) is 18.2 Å². The quantitative estimate of drug-likeness (QED) is 0.852. The van der Waals surface area contributed by atoms with Crippen molar-refractivity contribution in [2.45, 2.75) is 26.5 Å². The number of hydrogen-bond donors (Lipinski definition) is 1. The highest BCUT2D eigenvalue weighted by Gasteiger charge is 2.13. The molecule has 2 aromatic rings. The predicted octanol–water partition coefficient (Wildman–Crippen LogP) is 2.76. The minimum Gasteiger partial charge on any atom is -0.385 e. The van der Waals surface area contributed by atoms with E-state index in [1.165, 1.54) is 0 Å². The number of benzene rings is 1. The number of aromatic nitrogens is 2. The number of imidazole rings is 1. The van der Waals surface area contributed by atoms with E-state index in [4.69, 9.17) is 11.6 Å². The van der Waals surface area contributed by atoms with Crippen LogP contribution in [0.2, 0.25) is 5.02 Å². The molecule has 0 aliphatic rings. The van der Waals surface area contributed by atoms with E-state index in [9.17, 15) is 5.11 Å². The van der Waals surface area contributed by atoms with Crippen molar-refractivity contribution >= 4 is 22.6 Å². The summed E-state index contributed by atoms with van der Waals surface area (Å²) in [4.78, 5) is 4.38.